The maximum absolute atomic E-state index is 11.9. The molecule has 1 aliphatic carbocycles. The fourth-order valence-corrected chi connectivity index (χ4v) is 3.84. The van der Waals surface area contributed by atoms with E-state index >= 15 is 0 Å². The van der Waals surface area contributed by atoms with E-state index in [9.17, 15) is 13.2 Å². The van der Waals surface area contributed by atoms with Crippen molar-refractivity contribution in [2.24, 2.45) is 11.3 Å². The van der Waals surface area contributed by atoms with Gasteiger partial charge in [-0.25, -0.2) is 0 Å². The zero-order chi connectivity index (χ0) is 20.0. The highest BCUT2D eigenvalue weighted by atomic mass is 32.2. The van der Waals surface area contributed by atoms with Crippen molar-refractivity contribution in [3.8, 4) is 0 Å². The average molecular weight is 401 g/mol. The van der Waals surface area contributed by atoms with Crippen LogP contribution >= 0.6 is 12.6 Å². The Morgan fingerprint density at radius 3 is 2.08 bits per heavy atom. The van der Waals surface area contributed by atoms with Gasteiger partial charge in [0.15, 0.2) is 0 Å². The second-order valence-corrected chi connectivity index (χ2v) is 10.2. The molecule has 2 rings (SSSR count). The fraction of sp³-hybridized carbons (Fsp3) is 0.650. The van der Waals surface area contributed by atoms with Crippen molar-refractivity contribution in [2.45, 2.75) is 76.4 Å². The van der Waals surface area contributed by atoms with Gasteiger partial charge >= 0.3 is 0 Å². The van der Waals surface area contributed by atoms with E-state index in [0.717, 1.165) is 5.56 Å². The van der Waals surface area contributed by atoms with Gasteiger partial charge in [-0.05, 0) is 37.8 Å². The van der Waals surface area contributed by atoms with E-state index in [1.807, 2.05) is 27.7 Å². The van der Waals surface area contributed by atoms with E-state index in [1.54, 1.807) is 12.1 Å². The largest absolute Gasteiger partial charge is 0.299 e. The molecule has 0 saturated heterocycles. The van der Waals surface area contributed by atoms with E-state index in [4.69, 9.17) is 4.55 Å². The maximum Gasteiger partial charge on any atom is 0.294 e. The molecule has 148 valence electrons. The van der Waals surface area contributed by atoms with Gasteiger partial charge < -0.3 is 0 Å². The standard InChI is InChI=1S/C13H24OS.C7H8O3S/c1-13(2,3)12(14)9-11(15)10-7-5-4-6-8-10;1-6-2-4-7(5-3-6)11(8,9)10/h10-11,15H,4-9H2,1-3H3;2-5H,1H3,(H,8,9,10). The van der Waals surface area contributed by atoms with Crippen molar-refractivity contribution < 1.29 is 17.8 Å². The Morgan fingerprint density at radius 1 is 1.15 bits per heavy atom. The molecular weight excluding hydrogens is 368 g/mol. The molecule has 1 fully saturated rings. The van der Waals surface area contributed by atoms with E-state index in [-0.39, 0.29) is 15.6 Å². The monoisotopic (exact) mass is 400 g/mol. The lowest BCUT2D eigenvalue weighted by atomic mass is 9.81. The van der Waals surface area contributed by atoms with Crippen molar-refractivity contribution in [1.82, 2.24) is 0 Å². The number of hydrogen-bond donors (Lipinski definition) is 2. The molecule has 1 unspecified atom stereocenters. The summed E-state index contributed by atoms with van der Waals surface area (Å²) in [6.45, 7) is 7.83. The number of rotatable bonds is 4. The lowest BCUT2D eigenvalue weighted by molar-refractivity contribution is -0.126. The van der Waals surface area contributed by atoms with Crippen LogP contribution in [0, 0.1) is 18.3 Å². The van der Waals surface area contributed by atoms with Crippen LogP contribution in [-0.4, -0.2) is 24.0 Å². The Hall–Kier alpha value is -0.850. The first-order valence-electron chi connectivity index (χ1n) is 9.17. The normalized spacial score (nSPS) is 17.2. The molecule has 0 amide bonds. The smallest absolute Gasteiger partial charge is 0.294 e. The summed E-state index contributed by atoms with van der Waals surface area (Å²) < 4.78 is 29.6. The first kappa shape index (κ1) is 23.2. The first-order valence-corrected chi connectivity index (χ1v) is 11.1. The highest BCUT2D eigenvalue weighted by molar-refractivity contribution is 7.85. The van der Waals surface area contributed by atoms with Crippen LogP contribution in [0.1, 0.15) is 64.9 Å². The molecule has 1 aliphatic rings. The molecule has 1 aromatic carbocycles. The second-order valence-electron chi connectivity index (χ2n) is 8.13. The molecule has 26 heavy (non-hydrogen) atoms. The Bertz CT molecular complexity index is 667. The number of Topliss-reactive ketones (excluding diaryl/α,β-unsaturated/α-hetero) is 1. The third-order valence-electron chi connectivity index (χ3n) is 4.74. The van der Waals surface area contributed by atoms with Gasteiger partial charge in [0.1, 0.15) is 5.78 Å². The Balaban J connectivity index is 0.000000273. The van der Waals surface area contributed by atoms with E-state index in [2.05, 4.69) is 12.6 Å². The van der Waals surface area contributed by atoms with Crippen LogP contribution in [0.3, 0.4) is 0 Å². The summed E-state index contributed by atoms with van der Waals surface area (Å²) in [4.78, 5) is 11.8. The minimum Gasteiger partial charge on any atom is -0.299 e. The third kappa shape index (κ3) is 8.23. The molecule has 1 saturated carbocycles. The van der Waals surface area contributed by atoms with Crippen LogP contribution in [0.25, 0.3) is 0 Å². The van der Waals surface area contributed by atoms with Crippen LogP contribution in [0.5, 0.6) is 0 Å². The zero-order valence-corrected chi connectivity index (χ0v) is 17.9. The van der Waals surface area contributed by atoms with Crippen molar-refractivity contribution >= 4 is 28.5 Å². The molecule has 0 aromatic heterocycles. The Kier molecular flexibility index (Phi) is 8.83. The molecular formula is C20H32O4S2. The molecule has 1 aromatic rings. The molecule has 0 bridgehead atoms. The number of carbonyl (C=O) groups is 1. The fourth-order valence-electron chi connectivity index (χ4n) is 2.89. The minimum atomic E-state index is -4.02. The van der Waals surface area contributed by atoms with Crippen LogP contribution in [0.2, 0.25) is 0 Å². The minimum absolute atomic E-state index is 0.0666. The highest BCUT2D eigenvalue weighted by Gasteiger charge is 2.27. The topological polar surface area (TPSA) is 71.4 Å². The Morgan fingerprint density at radius 2 is 1.65 bits per heavy atom. The summed E-state index contributed by atoms with van der Waals surface area (Å²) in [6, 6.07) is 5.99. The van der Waals surface area contributed by atoms with E-state index in [0.29, 0.717) is 18.1 Å². The summed E-state index contributed by atoms with van der Waals surface area (Å²) in [5, 5.41) is 0.289. The van der Waals surface area contributed by atoms with E-state index in [1.165, 1.54) is 44.2 Å². The second kappa shape index (κ2) is 9.90. The van der Waals surface area contributed by atoms with Crippen molar-refractivity contribution in [2.75, 3.05) is 0 Å². The molecule has 4 nitrogen and oxygen atoms in total. The average Bonchev–Trinajstić information content (AvgIpc) is 2.55. The van der Waals surface area contributed by atoms with Gasteiger partial charge in [-0.1, -0.05) is 57.7 Å². The molecule has 0 radical (unpaired) electrons. The first-order chi connectivity index (χ1) is 11.9. The quantitative estimate of drug-likeness (QED) is 0.544. The van der Waals surface area contributed by atoms with Crippen LogP contribution in [0.15, 0.2) is 29.2 Å². The predicted octanol–water partition coefficient (Wildman–Crippen LogP) is 5.11. The molecule has 0 spiro atoms. The van der Waals surface area contributed by atoms with Crippen molar-refractivity contribution in [3.63, 3.8) is 0 Å². The number of hydrogen-bond acceptors (Lipinski definition) is 4. The zero-order valence-electron chi connectivity index (χ0n) is 16.2. The van der Waals surface area contributed by atoms with Crippen molar-refractivity contribution in [3.05, 3.63) is 29.8 Å². The SMILES string of the molecule is CC(C)(C)C(=O)CC(S)C1CCCCC1.Cc1ccc(S(=O)(=O)O)cc1. The van der Waals surface area contributed by atoms with Crippen molar-refractivity contribution in [1.29, 1.82) is 0 Å². The number of thiol groups is 1. The van der Waals surface area contributed by atoms with Gasteiger partial charge in [0.05, 0.1) is 4.90 Å². The van der Waals surface area contributed by atoms with E-state index < -0.39 is 10.1 Å². The lowest BCUT2D eigenvalue weighted by Gasteiger charge is -2.28. The highest BCUT2D eigenvalue weighted by Crippen LogP contribution is 2.32. The number of carbonyl (C=O) groups excluding carboxylic acids is 1. The summed E-state index contributed by atoms with van der Waals surface area (Å²) in [5.41, 5.74) is 0.757. The van der Waals surface area contributed by atoms with Gasteiger partial charge in [-0.3, -0.25) is 9.35 Å². The van der Waals surface area contributed by atoms with Gasteiger partial charge in [0.2, 0.25) is 0 Å². The number of ketones is 1. The van der Waals surface area contributed by atoms with Crippen LogP contribution in [-0.2, 0) is 14.9 Å². The molecule has 6 heteroatoms. The third-order valence-corrected chi connectivity index (χ3v) is 6.22. The molecule has 1 atom stereocenters. The summed E-state index contributed by atoms with van der Waals surface area (Å²) in [6.07, 6.45) is 7.20. The number of aryl methyl sites for hydroxylation is 1. The number of benzene rings is 1. The molecule has 0 aliphatic heterocycles. The van der Waals surface area contributed by atoms with Gasteiger partial charge in [-0.2, -0.15) is 21.0 Å². The lowest BCUT2D eigenvalue weighted by Crippen LogP contribution is -2.27. The Labute approximate surface area is 163 Å². The molecule has 1 N–H and O–H groups in total. The molecule has 0 heterocycles. The van der Waals surface area contributed by atoms with Gasteiger partial charge in [-0.15, -0.1) is 0 Å². The maximum atomic E-state index is 11.9. The summed E-state index contributed by atoms with van der Waals surface area (Å²) >= 11 is 4.62. The predicted molar refractivity (Wildman–Crippen MR) is 109 cm³/mol. The van der Waals surface area contributed by atoms with Gasteiger partial charge in [0, 0.05) is 17.1 Å². The summed E-state index contributed by atoms with van der Waals surface area (Å²) in [5.74, 6) is 1.03. The van der Waals surface area contributed by atoms with Crippen LogP contribution < -0.4 is 0 Å². The van der Waals surface area contributed by atoms with Crippen LogP contribution in [0.4, 0.5) is 0 Å². The summed E-state index contributed by atoms with van der Waals surface area (Å²) in [7, 11) is -4.02. The van der Waals surface area contributed by atoms with Gasteiger partial charge in [0.25, 0.3) is 10.1 Å².